The Kier molecular flexibility index (Phi) is 8.11. The SMILES string of the molecule is O=C(Cc1ccccc1)NCCC(=O)OCC(=O)Nc1ccc(Cl)c([N+](=O)[O-])c1. The molecular formula is C19H18ClN3O6. The number of nitrogens with one attached hydrogen (secondary N) is 2. The van der Waals surface area contributed by atoms with E-state index in [1.807, 2.05) is 30.3 Å². The molecule has 2 N–H and O–H groups in total. The second-order valence-electron chi connectivity index (χ2n) is 5.89. The fourth-order valence-electron chi connectivity index (χ4n) is 2.29. The van der Waals surface area contributed by atoms with E-state index >= 15 is 0 Å². The number of benzene rings is 2. The van der Waals surface area contributed by atoms with E-state index in [0.29, 0.717) is 0 Å². The maximum atomic E-state index is 11.8. The zero-order valence-corrected chi connectivity index (χ0v) is 16.0. The molecule has 0 spiro atoms. The normalized spacial score (nSPS) is 10.1. The van der Waals surface area contributed by atoms with E-state index in [1.54, 1.807) is 0 Å². The standard InChI is InChI=1S/C19H18ClN3O6/c20-15-7-6-14(11-16(15)23(27)28)22-18(25)12-29-19(26)8-9-21-17(24)10-13-4-2-1-3-5-13/h1-7,11H,8-10,12H2,(H,21,24)(H,22,25). The molecule has 0 aliphatic rings. The molecule has 0 fully saturated rings. The van der Waals surface area contributed by atoms with Crippen LogP contribution in [0.2, 0.25) is 5.02 Å². The van der Waals surface area contributed by atoms with Gasteiger partial charge in [-0.15, -0.1) is 0 Å². The number of nitro groups is 1. The zero-order valence-electron chi connectivity index (χ0n) is 15.2. The minimum atomic E-state index is -0.676. The van der Waals surface area contributed by atoms with Gasteiger partial charge in [0.25, 0.3) is 11.6 Å². The molecule has 29 heavy (non-hydrogen) atoms. The van der Waals surface area contributed by atoms with Gasteiger partial charge in [-0.3, -0.25) is 24.5 Å². The van der Waals surface area contributed by atoms with Gasteiger partial charge in [0.05, 0.1) is 17.8 Å². The van der Waals surface area contributed by atoms with Crippen LogP contribution in [-0.4, -0.2) is 35.9 Å². The Morgan fingerprint density at radius 1 is 1.07 bits per heavy atom. The zero-order chi connectivity index (χ0) is 21.2. The maximum Gasteiger partial charge on any atom is 0.308 e. The lowest BCUT2D eigenvalue weighted by Gasteiger charge is -2.08. The van der Waals surface area contributed by atoms with Crippen molar-refractivity contribution in [2.24, 2.45) is 0 Å². The van der Waals surface area contributed by atoms with Gasteiger partial charge in [0, 0.05) is 18.3 Å². The molecule has 2 aromatic rings. The summed E-state index contributed by atoms with van der Waals surface area (Å²) in [5.41, 5.74) is 0.648. The van der Waals surface area contributed by atoms with Crippen molar-refractivity contribution in [1.29, 1.82) is 0 Å². The number of carbonyl (C=O) groups excluding carboxylic acids is 3. The number of carbonyl (C=O) groups is 3. The number of nitrogens with zero attached hydrogens (tertiary/aromatic N) is 1. The largest absolute Gasteiger partial charge is 0.456 e. The first kappa shape index (κ1) is 21.8. The Morgan fingerprint density at radius 2 is 1.79 bits per heavy atom. The molecule has 0 saturated carbocycles. The summed E-state index contributed by atoms with van der Waals surface area (Å²) in [4.78, 5) is 45.4. The number of amides is 2. The van der Waals surface area contributed by atoms with Crippen molar-refractivity contribution in [1.82, 2.24) is 5.32 Å². The van der Waals surface area contributed by atoms with Gasteiger partial charge in [0.2, 0.25) is 5.91 Å². The van der Waals surface area contributed by atoms with Gasteiger partial charge >= 0.3 is 5.97 Å². The monoisotopic (exact) mass is 419 g/mol. The molecular weight excluding hydrogens is 402 g/mol. The van der Waals surface area contributed by atoms with Crippen molar-refractivity contribution in [2.45, 2.75) is 12.8 Å². The van der Waals surface area contributed by atoms with Crippen LogP contribution in [0.15, 0.2) is 48.5 Å². The molecule has 0 radical (unpaired) electrons. The van der Waals surface area contributed by atoms with Crippen LogP contribution < -0.4 is 10.6 Å². The summed E-state index contributed by atoms with van der Waals surface area (Å²) < 4.78 is 4.82. The van der Waals surface area contributed by atoms with Crippen LogP contribution >= 0.6 is 11.6 Å². The topological polar surface area (TPSA) is 128 Å². The number of ether oxygens (including phenoxy) is 1. The van der Waals surface area contributed by atoms with Crippen LogP contribution in [0.1, 0.15) is 12.0 Å². The van der Waals surface area contributed by atoms with Crippen LogP contribution in [0.3, 0.4) is 0 Å². The molecule has 0 unspecified atom stereocenters. The number of nitro benzene ring substituents is 1. The van der Waals surface area contributed by atoms with Gasteiger partial charge in [-0.1, -0.05) is 41.9 Å². The summed E-state index contributed by atoms with van der Waals surface area (Å²) in [5.74, 6) is -1.56. The number of rotatable bonds is 9. The third kappa shape index (κ3) is 7.59. The van der Waals surface area contributed by atoms with E-state index in [-0.39, 0.29) is 41.7 Å². The van der Waals surface area contributed by atoms with Gasteiger partial charge in [0.15, 0.2) is 6.61 Å². The minimum absolute atomic E-state index is 0.0614. The molecule has 10 heteroatoms. The first-order valence-electron chi connectivity index (χ1n) is 8.55. The molecule has 152 valence electrons. The molecule has 0 atom stereocenters. The number of hydrogen-bond donors (Lipinski definition) is 2. The molecule has 2 rings (SSSR count). The predicted octanol–water partition coefficient (Wildman–Crippen LogP) is 2.48. The second-order valence-corrected chi connectivity index (χ2v) is 6.30. The molecule has 9 nitrogen and oxygen atoms in total. The summed E-state index contributed by atoms with van der Waals surface area (Å²) in [7, 11) is 0. The summed E-state index contributed by atoms with van der Waals surface area (Å²) >= 11 is 5.69. The molecule has 0 aromatic heterocycles. The molecule has 2 amide bonds. The van der Waals surface area contributed by atoms with Crippen molar-refractivity contribution < 1.29 is 24.0 Å². The predicted molar refractivity (Wildman–Crippen MR) is 105 cm³/mol. The third-order valence-electron chi connectivity index (χ3n) is 3.65. The highest BCUT2D eigenvalue weighted by atomic mass is 35.5. The van der Waals surface area contributed by atoms with Gasteiger partial charge in [-0.05, 0) is 17.7 Å². The first-order chi connectivity index (χ1) is 13.8. The highest BCUT2D eigenvalue weighted by molar-refractivity contribution is 6.32. The van der Waals surface area contributed by atoms with E-state index < -0.39 is 23.4 Å². The quantitative estimate of drug-likeness (QED) is 0.365. The lowest BCUT2D eigenvalue weighted by Crippen LogP contribution is -2.28. The summed E-state index contributed by atoms with van der Waals surface area (Å²) in [6.07, 6.45) is 0.103. The van der Waals surface area contributed by atoms with Crippen molar-refractivity contribution in [3.8, 4) is 0 Å². The van der Waals surface area contributed by atoms with E-state index in [9.17, 15) is 24.5 Å². The Balaban J connectivity index is 1.68. The maximum absolute atomic E-state index is 11.8. The molecule has 0 heterocycles. The Hall–Kier alpha value is -3.46. The Bertz CT molecular complexity index is 904. The highest BCUT2D eigenvalue weighted by Gasteiger charge is 2.15. The van der Waals surface area contributed by atoms with E-state index in [0.717, 1.165) is 11.6 Å². The Labute approximate surface area is 171 Å². The third-order valence-corrected chi connectivity index (χ3v) is 3.97. The average Bonchev–Trinajstić information content (AvgIpc) is 2.68. The van der Waals surface area contributed by atoms with Crippen molar-refractivity contribution >= 4 is 40.8 Å². The van der Waals surface area contributed by atoms with Crippen LogP contribution in [0.5, 0.6) is 0 Å². The smallest absolute Gasteiger partial charge is 0.308 e. The molecule has 0 saturated heterocycles. The first-order valence-corrected chi connectivity index (χ1v) is 8.93. The van der Waals surface area contributed by atoms with Gasteiger partial charge < -0.3 is 15.4 Å². The van der Waals surface area contributed by atoms with Gasteiger partial charge in [-0.25, -0.2) is 0 Å². The van der Waals surface area contributed by atoms with E-state index in [4.69, 9.17) is 16.3 Å². The number of anilines is 1. The molecule has 0 bridgehead atoms. The van der Waals surface area contributed by atoms with Gasteiger partial charge in [-0.2, -0.15) is 0 Å². The Morgan fingerprint density at radius 3 is 2.48 bits per heavy atom. The van der Waals surface area contributed by atoms with Crippen LogP contribution in [0.4, 0.5) is 11.4 Å². The van der Waals surface area contributed by atoms with Gasteiger partial charge in [0.1, 0.15) is 5.02 Å². The lowest BCUT2D eigenvalue weighted by atomic mass is 10.1. The highest BCUT2D eigenvalue weighted by Crippen LogP contribution is 2.27. The molecule has 2 aromatic carbocycles. The molecule has 0 aliphatic carbocycles. The second kappa shape index (κ2) is 10.8. The summed E-state index contributed by atoms with van der Waals surface area (Å²) in [6.45, 7) is -0.483. The van der Waals surface area contributed by atoms with Crippen molar-refractivity contribution in [3.05, 3.63) is 69.2 Å². The lowest BCUT2D eigenvalue weighted by molar-refractivity contribution is -0.384. The van der Waals surface area contributed by atoms with Crippen LogP contribution in [0.25, 0.3) is 0 Å². The fraction of sp³-hybridized carbons (Fsp3) is 0.211. The average molecular weight is 420 g/mol. The summed E-state index contributed by atoms with van der Waals surface area (Å²) in [6, 6.07) is 12.9. The van der Waals surface area contributed by atoms with Crippen molar-refractivity contribution in [3.63, 3.8) is 0 Å². The summed E-state index contributed by atoms with van der Waals surface area (Å²) in [5, 5.41) is 15.7. The number of halogens is 1. The number of esters is 1. The minimum Gasteiger partial charge on any atom is -0.456 e. The fourth-order valence-corrected chi connectivity index (χ4v) is 2.48. The van der Waals surface area contributed by atoms with E-state index in [2.05, 4.69) is 10.6 Å². The van der Waals surface area contributed by atoms with Crippen LogP contribution in [0, 0.1) is 10.1 Å². The van der Waals surface area contributed by atoms with Crippen molar-refractivity contribution in [2.75, 3.05) is 18.5 Å². The van der Waals surface area contributed by atoms with Crippen LogP contribution in [-0.2, 0) is 25.5 Å². The number of hydrogen-bond acceptors (Lipinski definition) is 6. The molecule has 0 aliphatic heterocycles. The van der Waals surface area contributed by atoms with E-state index in [1.165, 1.54) is 12.1 Å².